The summed E-state index contributed by atoms with van der Waals surface area (Å²) in [4.78, 5) is 13.7. The van der Waals surface area contributed by atoms with E-state index in [-0.39, 0.29) is 11.6 Å². The number of imidazole rings is 1. The highest BCUT2D eigenvalue weighted by Gasteiger charge is 2.30. The predicted molar refractivity (Wildman–Crippen MR) is 88.0 cm³/mol. The first-order chi connectivity index (χ1) is 11.2. The minimum absolute atomic E-state index is 0.157. The van der Waals surface area contributed by atoms with Gasteiger partial charge in [-0.25, -0.2) is 4.98 Å². The number of para-hydroxylation sites is 2. The monoisotopic (exact) mass is 305 g/mol. The van der Waals surface area contributed by atoms with E-state index in [0.717, 1.165) is 16.7 Å². The van der Waals surface area contributed by atoms with Crippen molar-refractivity contribution in [1.82, 2.24) is 19.9 Å². The lowest BCUT2D eigenvalue weighted by Crippen LogP contribution is -2.26. The van der Waals surface area contributed by atoms with E-state index in [1.807, 2.05) is 42.5 Å². The van der Waals surface area contributed by atoms with Crippen molar-refractivity contribution in [2.45, 2.75) is 6.54 Å². The summed E-state index contributed by atoms with van der Waals surface area (Å²) in [5, 5.41) is 18.7. The first-order valence-corrected chi connectivity index (χ1v) is 7.33. The molecule has 4 rings (SSSR count). The van der Waals surface area contributed by atoms with E-state index in [1.54, 1.807) is 11.1 Å². The minimum atomic E-state index is 0.157. The van der Waals surface area contributed by atoms with Crippen molar-refractivity contribution < 1.29 is 5.11 Å². The third-order valence-electron chi connectivity index (χ3n) is 3.89. The number of H-pyrrole nitrogens is 1. The van der Waals surface area contributed by atoms with Crippen LogP contribution in [-0.4, -0.2) is 37.3 Å². The van der Waals surface area contributed by atoms with Crippen molar-refractivity contribution in [2.24, 2.45) is 0 Å². The maximum atomic E-state index is 10.3. The van der Waals surface area contributed by atoms with Crippen LogP contribution in [0, 0.1) is 5.41 Å². The molecule has 0 aliphatic carbocycles. The average Bonchev–Trinajstić information content (AvgIpc) is 3.09. The van der Waals surface area contributed by atoms with Crippen LogP contribution in [0.5, 0.6) is 0 Å². The van der Waals surface area contributed by atoms with Gasteiger partial charge >= 0.3 is 0 Å². The van der Waals surface area contributed by atoms with Crippen LogP contribution in [0.1, 0.15) is 11.5 Å². The molecule has 0 amide bonds. The number of nitrogens with zero attached hydrogens (tertiary/aromatic N) is 3. The van der Waals surface area contributed by atoms with Crippen molar-refractivity contribution in [3.8, 4) is 0 Å². The number of hydrogen-bond acceptors (Lipinski definition) is 4. The van der Waals surface area contributed by atoms with E-state index >= 15 is 0 Å². The Morgan fingerprint density at radius 3 is 2.78 bits per heavy atom. The number of aliphatic hydroxyl groups is 1. The zero-order chi connectivity index (χ0) is 15.8. The van der Waals surface area contributed by atoms with Crippen LogP contribution in [0.15, 0.2) is 54.4 Å². The first kappa shape index (κ1) is 13.5. The largest absolute Gasteiger partial charge is 0.510 e. The molecule has 0 atom stereocenters. The van der Waals surface area contributed by atoms with Gasteiger partial charge in [0, 0.05) is 6.20 Å². The second-order valence-electron chi connectivity index (χ2n) is 5.45. The Morgan fingerprint density at radius 2 is 2.00 bits per heavy atom. The van der Waals surface area contributed by atoms with Gasteiger partial charge < -0.3 is 15.0 Å². The number of amidine groups is 1. The van der Waals surface area contributed by atoms with Gasteiger partial charge in [-0.05, 0) is 24.3 Å². The fraction of sp³-hybridized carbons (Fsp3) is 0.118. The Labute approximate surface area is 132 Å². The summed E-state index contributed by atoms with van der Waals surface area (Å²) in [6.07, 6.45) is 1.72. The highest BCUT2D eigenvalue weighted by Crippen LogP contribution is 2.27. The van der Waals surface area contributed by atoms with Gasteiger partial charge in [-0.2, -0.15) is 0 Å². The van der Waals surface area contributed by atoms with Gasteiger partial charge in [0.25, 0.3) is 0 Å². The lowest BCUT2D eigenvalue weighted by molar-refractivity contribution is 0.345. The summed E-state index contributed by atoms with van der Waals surface area (Å²) < 4.78 is 0. The van der Waals surface area contributed by atoms with Crippen LogP contribution in [0.25, 0.3) is 16.6 Å². The second-order valence-corrected chi connectivity index (χ2v) is 5.45. The highest BCUT2D eigenvalue weighted by molar-refractivity contribution is 6.23. The first-order valence-electron chi connectivity index (χ1n) is 7.33. The number of rotatable bonds is 3. The number of nitrogens with one attached hydrogen (secondary N) is 2. The molecular formula is C17H15N5O. The summed E-state index contributed by atoms with van der Waals surface area (Å²) in [6, 6.07) is 13.3. The molecule has 1 aromatic carbocycles. The molecule has 0 spiro atoms. The van der Waals surface area contributed by atoms with Crippen molar-refractivity contribution in [2.75, 3.05) is 6.54 Å². The topological polar surface area (TPSA) is 88.9 Å². The van der Waals surface area contributed by atoms with E-state index in [4.69, 9.17) is 5.41 Å². The molecule has 23 heavy (non-hydrogen) atoms. The number of aromatic amines is 1. The molecule has 0 saturated heterocycles. The van der Waals surface area contributed by atoms with Crippen molar-refractivity contribution >= 4 is 22.4 Å². The Kier molecular flexibility index (Phi) is 3.08. The average molecular weight is 305 g/mol. The van der Waals surface area contributed by atoms with Gasteiger partial charge in [-0.3, -0.25) is 10.4 Å². The van der Waals surface area contributed by atoms with Gasteiger partial charge in [0.05, 0.1) is 35.4 Å². The molecule has 0 saturated carbocycles. The van der Waals surface area contributed by atoms with Crippen LogP contribution < -0.4 is 0 Å². The lowest BCUT2D eigenvalue weighted by Gasteiger charge is -2.17. The van der Waals surface area contributed by atoms with Gasteiger partial charge in [-0.15, -0.1) is 0 Å². The Bertz CT molecular complexity index is 880. The van der Waals surface area contributed by atoms with Gasteiger partial charge in [0.15, 0.2) is 0 Å². The van der Waals surface area contributed by atoms with Gasteiger partial charge in [0.2, 0.25) is 0 Å². The highest BCUT2D eigenvalue weighted by atomic mass is 16.3. The zero-order valence-electron chi connectivity index (χ0n) is 12.3. The predicted octanol–water partition coefficient (Wildman–Crippen LogP) is 2.72. The second kappa shape index (κ2) is 5.24. The standard InChI is InChI=1S/C17H15N5O/c18-16-15(17-20-12-6-1-2-7-13(12)21-17)14(23)10-22(16)9-11-5-3-4-8-19-11/h1-8,18,23H,9-10H2,(H,20,21). The SMILES string of the molecule is N=C1C(c2nc3ccccc3[nH]2)=C(O)CN1Cc1ccccn1. The smallest absolute Gasteiger partial charge is 0.145 e. The Balaban J connectivity index is 1.64. The molecule has 6 nitrogen and oxygen atoms in total. The van der Waals surface area contributed by atoms with E-state index in [1.165, 1.54) is 0 Å². The maximum Gasteiger partial charge on any atom is 0.145 e. The number of aliphatic hydroxyl groups excluding tert-OH is 1. The molecule has 0 bridgehead atoms. The van der Waals surface area contributed by atoms with E-state index < -0.39 is 0 Å². The number of benzene rings is 1. The van der Waals surface area contributed by atoms with Crippen LogP contribution in [0.4, 0.5) is 0 Å². The third kappa shape index (κ3) is 2.34. The Hall–Kier alpha value is -3.15. The molecule has 0 unspecified atom stereocenters. The molecule has 1 aliphatic heterocycles. The molecular weight excluding hydrogens is 290 g/mol. The minimum Gasteiger partial charge on any atom is -0.510 e. The van der Waals surface area contributed by atoms with E-state index in [0.29, 0.717) is 24.5 Å². The number of fused-ring (bicyclic) bond motifs is 1. The summed E-state index contributed by atoms with van der Waals surface area (Å²) in [5.74, 6) is 0.939. The summed E-state index contributed by atoms with van der Waals surface area (Å²) in [6.45, 7) is 0.773. The van der Waals surface area contributed by atoms with Crippen LogP contribution in [0.2, 0.25) is 0 Å². The molecule has 1 aliphatic rings. The molecule has 3 N–H and O–H groups in total. The van der Waals surface area contributed by atoms with Crippen LogP contribution >= 0.6 is 0 Å². The number of aromatic nitrogens is 3. The summed E-state index contributed by atoms with van der Waals surface area (Å²) in [5.41, 5.74) is 3.02. The molecule has 0 fully saturated rings. The number of pyridine rings is 1. The van der Waals surface area contributed by atoms with Crippen molar-refractivity contribution in [3.05, 3.63) is 65.9 Å². The molecule has 3 aromatic rings. The van der Waals surface area contributed by atoms with Gasteiger partial charge in [-0.1, -0.05) is 18.2 Å². The zero-order valence-corrected chi connectivity index (χ0v) is 12.3. The molecule has 6 heteroatoms. The van der Waals surface area contributed by atoms with Crippen LogP contribution in [-0.2, 0) is 6.54 Å². The maximum absolute atomic E-state index is 10.3. The normalized spacial score (nSPS) is 15.0. The number of hydrogen-bond donors (Lipinski definition) is 3. The summed E-state index contributed by atoms with van der Waals surface area (Å²) in [7, 11) is 0. The van der Waals surface area contributed by atoms with Gasteiger partial charge in [0.1, 0.15) is 17.4 Å². The van der Waals surface area contributed by atoms with Crippen molar-refractivity contribution in [1.29, 1.82) is 5.41 Å². The Morgan fingerprint density at radius 1 is 1.17 bits per heavy atom. The fourth-order valence-corrected chi connectivity index (χ4v) is 2.78. The molecule has 2 aromatic heterocycles. The quantitative estimate of drug-likeness (QED) is 0.694. The van der Waals surface area contributed by atoms with E-state index in [9.17, 15) is 5.11 Å². The van der Waals surface area contributed by atoms with Crippen LogP contribution in [0.3, 0.4) is 0 Å². The lowest BCUT2D eigenvalue weighted by atomic mass is 10.2. The molecule has 3 heterocycles. The third-order valence-corrected chi connectivity index (χ3v) is 3.89. The fourth-order valence-electron chi connectivity index (χ4n) is 2.78. The molecule has 0 radical (unpaired) electrons. The molecule has 114 valence electrons. The van der Waals surface area contributed by atoms with Crippen molar-refractivity contribution in [3.63, 3.8) is 0 Å². The summed E-state index contributed by atoms with van der Waals surface area (Å²) >= 11 is 0. The van der Waals surface area contributed by atoms with E-state index in [2.05, 4.69) is 15.0 Å².